The third kappa shape index (κ3) is 2.93. The maximum absolute atomic E-state index is 9.31. The van der Waals surface area contributed by atoms with Crippen LogP contribution in [0.25, 0.3) is 5.69 Å². The molecule has 2 heterocycles. The summed E-state index contributed by atoms with van der Waals surface area (Å²) < 4.78 is 8.00. The zero-order valence-corrected chi connectivity index (χ0v) is 13.3. The molecule has 0 aliphatic rings. The van der Waals surface area contributed by atoms with Gasteiger partial charge < -0.3 is 4.74 Å². The molecule has 0 unspecified atom stereocenters. The molecule has 3 rings (SSSR count). The van der Waals surface area contributed by atoms with Crippen LogP contribution in [0, 0.1) is 11.3 Å². The van der Waals surface area contributed by atoms with Gasteiger partial charge in [-0.05, 0) is 28.1 Å². The molecule has 0 saturated heterocycles. The summed E-state index contributed by atoms with van der Waals surface area (Å²) >= 11 is 9.08. The van der Waals surface area contributed by atoms with Gasteiger partial charge in [-0.1, -0.05) is 17.7 Å². The first kappa shape index (κ1) is 14.5. The van der Waals surface area contributed by atoms with Gasteiger partial charge >= 0.3 is 6.01 Å². The summed E-state index contributed by atoms with van der Waals surface area (Å²) in [6.45, 7) is 0. The van der Waals surface area contributed by atoms with E-state index in [2.05, 4.69) is 37.1 Å². The fourth-order valence-corrected chi connectivity index (χ4v) is 2.19. The second-order valence-electron chi connectivity index (χ2n) is 4.15. The molecule has 0 radical (unpaired) electrons. The molecule has 1 aromatic carbocycles. The quantitative estimate of drug-likeness (QED) is 0.696. The Bertz CT molecular complexity index is 856. The van der Waals surface area contributed by atoms with Crippen molar-refractivity contribution in [2.24, 2.45) is 0 Å². The summed E-state index contributed by atoms with van der Waals surface area (Å²) in [5.74, 6) is 0.414. The van der Waals surface area contributed by atoms with E-state index < -0.39 is 0 Å². The van der Waals surface area contributed by atoms with Gasteiger partial charge in [-0.15, -0.1) is 0 Å². The van der Waals surface area contributed by atoms with Gasteiger partial charge in [0.2, 0.25) is 0 Å². The number of nitriles is 1. The Kier molecular flexibility index (Phi) is 4.04. The van der Waals surface area contributed by atoms with Gasteiger partial charge in [0.25, 0.3) is 0 Å². The van der Waals surface area contributed by atoms with Crippen LogP contribution in [0.1, 0.15) is 5.56 Å². The Hall–Kier alpha value is -2.43. The second-order valence-corrected chi connectivity index (χ2v) is 5.51. The van der Waals surface area contributed by atoms with Crippen molar-refractivity contribution in [2.45, 2.75) is 0 Å². The summed E-state index contributed by atoms with van der Waals surface area (Å²) in [7, 11) is 0. The highest BCUT2D eigenvalue weighted by Crippen LogP contribution is 2.29. The lowest BCUT2D eigenvalue weighted by atomic mass is 10.2. The van der Waals surface area contributed by atoms with Crippen LogP contribution < -0.4 is 4.74 Å². The van der Waals surface area contributed by atoms with Crippen LogP contribution in [0.4, 0.5) is 0 Å². The van der Waals surface area contributed by atoms with E-state index in [1.165, 1.54) is 12.4 Å². The zero-order valence-electron chi connectivity index (χ0n) is 10.9. The molecule has 0 fully saturated rings. The standard InChI is InChI=1S/C14H7BrClN5O/c15-10-5-20-21(8-10)13-9(4-17)2-1-3-12(13)22-14-18-6-11(16)7-19-14/h1-3,5-8H. The fourth-order valence-electron chi connectivity index (χ4n) is 1.81. The predicted octanol–water partition coefficient (Wildman–Crippen LogP) is 3.74. The monoisotopic (exact) mass is 375 g/mol. The number of rotatable bonds is 3. The lowest BCUT2D eigenvalue weighted by Gasteiger charge is -2.11. The Balaban J connectivity index is 2.08. The van der Waals surface area contributed by atoms with Crippen LogP contribution in [0.2, 0.25) is 5.02 Å². The lowest BCUT2D eigenvalue weighted by molar-refractivity contribution is 0.438. The van der Waals surface area contributed by atoms with Crippen LogP contribution >= 0.6 is 27.5 Å². The minimum absolute atomic E-state index is 0.131. The Morgan fingerprint density at radius 1 is 1.23 bits per heavy atom. The largest absolute Gasteiger partial charge is 0.422 e. The van der Waals surface area contributed by atoms with Gasteiger partial charge in [-0.3, -0.25) is 0 Å². The average Bonchev–Trinajstić information content (AvgIpc) is 2.95. The highest BCUT2D eigenvalue weighted by Gasteiger charge is 2.14. The van der Waals surface area contributed by atoms with Crippen molar-refractivity contribution in [3.05, 3.63) is 58.0 Å². The van der Waals surface area contributed by atoms with Crippen molar-refractivity contribution < 1.29 is 4.74 Å². The van der Waals surface area contributed by atoms with Crippen LogP contribution in [0.5, 0.6) is 11.8 Å². The van der Waals surface area contributed by atoms with E-state index in [1.54, 1.807) is 35.3 Å². The van der Waals surface area contributed by atoms with Crippen LogP contribution in [-0.2, 0) is 0 Å². The van der Waals surface area contributed by atoms with Crippen molar-refractivity contribution in [3.63, 3.8) is 0 Å². The molecule has 8 heteroatoms. The van der Waals surface area contributed by atoms with E-state index in [-0.39, 0.29) is 6.01 Å². The molecule has 108 valence electrons. The van der Waals surface area contributed by atoms with Crippen molar-refractivity contribution in [1.29, 1.82) is 5.26 Å². The van der Waals surface area contributed by atoms with Crippen molar-refractivity contribution in [2.75, 3.05) is 0 Å². The molecule has 0 aliphatic heterocycles. The number of nitrogens with zero attached hydrogens (tertiary/aromatic N) is 5. The summed E-state index contributed by atoms with van der Waals surface area (Å²) in [4.78, 5) is 7.96. The smallest absolute Gasteiger partial charge is 0.322 e. The molecular weight excluding hydrogens is 370 g/mol. The van der Waals surface area contributed by atoms with Crippen LogP contribution in [-0.4, -0.2) is 19.7 Å². The highest BCUT2D eigenvalue weighted by molar-refractivity contribution is 9.10. The molecule has 0 spiro atoms. The van der Waals surface area contributed by atoms with E-state index in [0.717, 1.165) is 4.47 Å². The normalized spacial score (nSPS) is 10.2. The van der Waals surface area contributed by atoms with Gasteiger partial charge in [-0.25, -0.2) is 14.6 Å². The molecule has 6 nitrogen and oxygen atoms in total. The third-order valence-corrected chi connectivity index (χ3v) is 3.30. The topological polar surface area (TPSA) is 76.6 Å². The number of ether oxygens (including phenoxy) is 1. The number of aromatic nitrogens is 4. The average molecular weight is 377 g/mol. The Morgan fingerprint density at radius 3 is 2.64 bits per heavy atom. The van der Waals surface area contributed by atoms with E-state index >= 15 is 0 Å². The number of halogens is 2. The first-order chi connectivity index (χ1) is 10.7. The van der Waals surface area contributed by atoms with E-state index in [0.29, 0.717) is 22.0 Å². The van der Waals surface area contributed by atoms with E-state index in [4.69, 9.17) is 16.3 Å². The molecule has 0 N–H and O–H groups in total. The minimum atomic E-state index is 0.131. The van der Waals surface area contributed by atoms with Crippen molar-refractivity contribution in [1.82, 2.24) is 19.7 Å². The molecule has 2 aromatic heterocycles. The van der Waals surface area contributed by atoms with E-state index in [9.17, 15) is 5.26 Å². The van der Waals surface area contributed by atoms with E-state index in [1.807, 2.05) is 0 Å². The maximum Gasteiger partial charge on any atom is 0.322 e. The summed E-state index contributed by atoms with van der Waals surface area (Å²) in [6.07, 6.45) is 6.22. The molecular formula is C14H7BrClN5O. The van der Waals surface area contributed by atoms with Crippen LogP contribution in [0.15, 0.2) is 47.5 Å². The van der Waals surface area contributed by atoms with Gasteiger partial charge in [0.1, 0.15) is 11.8 Å². The molecule has 0 aliphatic carbocycles. The molecule has 22 heavy (non-hydrogen) atoms. The predicted molar refractivity (Wildman–Crippen MR) is 83.1 cm³/mol. The second kappa shape index (κ2) is 6.13. The van der Waals surface area contributed by atoms with Gasteiger partial charge in [0.05, 0.1) is 33.6 Å². The number of hydrogen-bond acceptors (Lipinski definition) is 5. The fraction of sp³-hybridized carbons (Fsp3) is 0. The number of hydrogen-bond donors (Lipinski definition) is 0. The number of para-hydroxylation sites is 1. The third-order valence-electron chi connectivity index (χ3n) is 2.70. The number of benzene rings is 1. The first-order valence-electron chi connectivity index (χ1n) is 6.06. The van der Waals surface area contributed by atoms with Crippen LogP contribution in [0.3, 0.4) is 0 Å². The summed E-state index contributed by atoms with van der Waals surface area (Å²) in [6, 6.07) is 7.36. The minimum Gasteiger partial charge on any atom is -0.422 e. The molecule has 0 amide bonds. The first-order valence-corrected chi connectivity index (χ1v) is 7.23. The SMILES string of the molecule is N#Cc1cccc(Oc2ncc(Cl)cn2)c1-n1cc(Br)cn1. The lowest BCUT2D eigenvalue weighted by Crippen LogP contribution is -2.02. The van der Waals surface area contributed by atoms with Crippen molar-refractivity contribution in [3.8, 4) is 23.5 Å². The van der Waals surface area contributed by atoms with Crippen molar-refractivity contribution >= 4 is 27.5 Å². The molecule has 0 saturated carbocycles. The summed E-state index contributed by atoms with van der Waals surface area (Å²) in [5.41, 5.74) is 0.927. The van der Waals surface area contributed by atoms with Gasteiger partial charge in [-0.2, -0.15) is 10.4 Å². The Morgan fingerprint density at radius 2 is 2.00 bits per heavy atom. The molecule has 3 aromatic rings. The summed E-state index contributed by atoms with van der Waals surface area (Å²) in [5, 5.41) is 13.9. The molecule has 0 bridgehead atoms. The van der Waals surface area contributed by atoms with Gasteiger partial charge in [0, 0.05) is 6.20 Å². The highest BCUT2D eigenvalue weighted by atomic mass is 79.9. The maximum atomic E-state index is 9.31. The Labute approximate surface area is 139 Å². The van der Waals surface area contributed by atoms with Gasteiger partial charge in [0.15, 0.2) is 5.75 Å². The zero-order chi connectivity index (χ0) is 15.5. The molecule has 0 atom stereocenters.